The van der Waals surface area contributed by atoms with Crippen molar-refractivity contribution in [1.29, 1.82) is 0 Å². The molecule has 1 aliphatic rings. The van der Waals surface area contributed by atoms with Crippen LogP contribution in [0.5, 0.6) is 5.75 Å². The number of nitrogens with zero attached hydrogens (tertiary/aromatic N) is 3. The third kappa shape index (κ3) is 5.45. The number of rotatable bonds is 6. The average Bonchev–Trinajstić information content (AvgIpc) is 3.11. The lowest BCUT2D eigenvalue weighted by molar-refractivity contribution is -0.136. The Labute approximate surface area is 164 Å². The van der Waals surface area contributed by atoms with Gasteiger partial charge in [-0.3, -0.25) is 9.59 Å². The smallest absolute Gasteiger partial charge is 0.258 e. The van der Waals surface area contributed by atoms with Crippen LogP contribution in [0.15, 0.2) is 42.7 Å². The van der Waals surface area contributed by atoms with Gasteiger partial charge in [-0.15, -0.1) is 12.4 Å². The van der Waals surface area contributed by atoms with Crippen LogP contribution in [0, 0.1) is 0 Å². The van der Waals surface area contributed by atoms with Gasteiger partial charge in [0.2, 0.25) is 5.91 Å². The number of carbonyl (C=O) groups excluding carboxylic acids is 2. The number of hydrogen-bond donors (Lipinski definition) is 2. The fraction of sp³-hybridized carbons (Fsp3) is 0.389. The highest BCUT2D eigenvalue weighted by molar-refractivity contribution is 5.86. The van der Waals surface area contributed by atoms with Gasteiger partial charge in [-0.25, -0.2) is 4.98 Å². The van der Waals surface area contributed by atoms with E-state index in [0.717, 1.165) is 12.4 Å². The summed E-state index contributed by atoms with van der Waals surface area (Å²) in [5.74, 6) is 0.980. The summed E-state index contributed by atoms with van der Waals surface area (Å²) in [5, 5.41) is 5.91. The van der Waals surface area contributed by atoms with E-state index in [1.807, 2.05) is 36.0 Å². The largest absolute Gasteiger partial charge is 0.484 e. The van der Waals surface area contributed by atoms with Crippen LogP contribution in [0.1, 0.15) is 11.9 Å². The van der Waals surface area contributed by atoms with Crippen LogP contribution in [-0.4, -0.2) is 59.1 Å². The number of imidazole rings is 1. The van der Waals surface area contributed by atoms with Crippen LogP contribution < -0.4 is 15.4 Å². The second-order valence-corrected chi connectivity index (χ2v) is 6.08. The number of para-hydroxylation sites is 1. The molecule has 0 spiro atoms. The summed E-state index contributed by atoms with van der Waals surface area (Å²) in [6, 6.07) is 8.94. The predicted molar refractivity (Wildman–Crippen MR) is 103 cm³/mol. The Kier molecular flexibility index (Phi) is 7.63. The Hall–Kier alpha value is -2.58. The monoisotopic (exact) mass is 393 g/mol. The molecule has 2 aromatic rings. The van der Waals surface area contributed by atoms with E-state index < -0.39 is 0 Å². The number of hydrogen-bond acceptors (Lipinski definition) is 5. The average molecular weight is 394 g/mol. The second kappa shape index (κ2) is 9.94. The van der Waals surface area contributed by atoms with E-state index in [0.29, 0.717) is 18.8 Å². The maximum absolute atomic E-state index is 12.6. The molecule has 0 aliphatic carbocycles. The lowest BCUT2D eigenvalue weighted by atomic mass is 10.1. The van der Waals surface area contributed by atoms with E-state index in [-0.39, 0.29) is 43.4 Å². The van der Waals surface area contributed by atoms with Crippen molar-refractivity contribution in [3.63, 3.8) is 0 Å². The first-order valence-electron chi connectivity index (χ1n) is 8.57. The number of aromatic nitrogens is 2. The van der Waals surface area contributed by atoms with E-state index >= 15 is 0 Å². The second-order valence-electron chi connectivity index (χ2n) is 6.08. The molecular formula is C18H24ClN5O3. The van der Waals surface area contributed by atoms with Gasteiger partial charge in [-0.05, 0) is 12.1 Å². The highest BCUT2D eigenvalue weighted by atomic mass is 35.5. The summed E-state index contributed by atoms with van der Waals surface area (Å²) in [7, 11) is 1.91. The Morgan fingerprint density at radius 3 is 2.81 bits per heavy atom. The zero-order valence-corrected chi connectivity index (χ0v) is 15.9. The normalized spacial score (nSPS) is 16.3. The highest BCUT2D eigenvalue weighted by Gasteiger charge is 2.30. The lowest BCUT2D eigenvalue weighted by Crippen LogP contribution is -2.52. The third-order valence-corrected chi connectivity index (χ3v) is 4.27. The molecule has 2 amide bonds. The Bertz CT molecular complexity index is 752. The van der Waals surface area contributed by atoms with Crippen molar-refractivity contribution in [3.05, 3.63) is 48.5 Å². The first kappa shape index (κ1) is 20.7. The molecule has 1 atom stereocenters. The fourth-order valence-corrected chi connectivity index (χ4v) is 2.92. The van der Waals surface area contributed by atoms with Crippen molar-refractivity contribution < 1.29 is 14.3 Å². The number of amides is 2. The van der Waals surface area contributed by atoms with Crippen molar-refractivity contribution in [3.8, 4) is 5.75 Å². The Morgan fingerprint density at radius 1 is 1.33 bits per heavy atom. The van der Waals surface area contributed by atoms with E-state index in [1.165, 1.54) is 0 Å². The molecule has 1 fully saturated rings. The number of piperazine rings is 1. The minimum absolute atomic E-state index is 0. The number of carbonyl (C=O) groups is 2. The van der Waals surface area contributed by atoms with Gasteiger partial charge in [0.1, 0.15) is 17.6 Å². The molecule has 2 heterocycles. The molecule has 1 aliphatic heterocycles. The van der Waals surface area contributed by atoms with Gasteiger partial charge in [0.05, 0.1) is 6.54 Å². The van der Waals surface area contributed by atoms with Crippen molar-refractivity contribution in [2.45, 2.75) is 6.04 Å². The summed E-state index contributed by atoms with van der Waals surface area (Å²) in [5.41, 5.74) is 0. The summed E-state index contributed by atoms with van der Waals surface area (Å²) in [4.78, 5) is 30.6. The molecule has 9 heteroatoms. The van der Waals surface area contributed by atoms with Gasteiger partial charge >= 0.3 is 0 Å². The molecule has 0 radical (unpaired) electrons. The van der Waals surface area contributed by atoms with E-state index in [2.05, 4.69) is 15.6 Å². The maximum atomic E-state index is 12.6. The molecule has 8 nitrogen and oxygen atoms in total. The number of aryl methyl sites for hydroxylation is 1. The zero-order valence-electron chi connectivity index (χ0n) is 15.1. The van der Waals surface area contributed by atoms with Crippen molar-refractivity contribution in [2.75, 3.05) is 32.8 Å². The van der Waals surface area contributed by atoms with E-state index in [4.69, 9.17) is 4.74 Å². The molecule has 1 aromatic carbocycles. The number of nitrogens with one attached hydrogen (secondary N) is 2. The minimum atomic E-state index is -0.328. The maximum Gasteiger partial charge on any atom is 0.258 e. The van der Waals surface area contributed by atoms with Crippen molar-refractivity contribution >= 4 is 24.2 Å². The molecule has 146 valence electrons. The topological polar surface area (TPSA) is 88.5 Å². The first-order valence-corrected chi connectivity index (χ1v) is 8.57. The van der Waals surface area contributed by atoms with Crippen molar-refractivity contribution in [1.82, 2.24) is 25.1 Å². The summed E-state index contributed by atoms with van der Waals surface area (Å²) < 4.78 is 7.29. The standard InChI is InChI=1S/C18H23N5O3.ClH/c1-22-9-8-20-18(22)15-11-19-7-10-23(15)17(25)12-21-16(24)13-26-14-5-3-2-4-6-14;/h2-6,8-9,15,19H,7,10-13H2,1H3,(H,21,24);1H. The van der Waals surface area contributed by atoms with Crippen LogP contribution in [0.25, 0.3) is 0 Å². The summed E-state index contributed by atoms with van der Waals surface area (Å²) >= 11 is 0. The number of benzene rings is 1. The molecular weight excluding hydrogens is 370 g/mol. The molecule has 0 bridgehead atoms. The zero-order chi connectivity index (χ0) is 18.4. The first-order chi connectivity index (χ1) is 12.6. The quantitative estimate of drug-likeness (QED) is 0.746. The Morgan fingerprint density at radius 2 is 2.11 bits per heavy atom. The van der Waals surface area contributed by atoms with E-state index in [9.17, 15) is 9.59 Å². The predicted octanol–water partition coefficient (Wildman–Crippen LogP) is 0.510. The van der Waals surface area contributed by atoms with Gasteiger partial charge in [-0.1, -0.05) is 18.2 Å². The molecule has 1 aromatic heterocycles. The van der Waals surface area contributed by atoms with Gasteiger partial charge in [0.25, 0.3) is 5.91 Å². The summed E-state index contributed by atoms with van der Waals surface area (Å²) in [6.45, 7) is 1.76. The van der Waals surface area contributed by atoms with Crippen LogP contribution >= 0.6 is 12.4 Å². The van der Waals surface area contributed by atoms with Gasteiger partial charge in [0.15, 0.2) is 6.61 Å². The fourth-order valence-electron chi connectivity index (χ4n) is 2.92. The molecule has 2 N–H and O–H groups in total. The van der Waals surface area contributed by atoms with Crippen LogP contribution in [0.2, 0.25) is 0 Å². The summed E-state index contributed by atoms with van der Waals surface area (Å²) in [6.07, 6.45) is 3.57. The molecule has 3 rings (SSSR count). The Balaban J connectivity index is 0.00000261. The van der Waals surface area contributed by atoms with Crippen LogP contribution in [0.3, 0.4) is 0 Å². The number of halogens is 1. The third-order valence-electron chi connectivity index (χ3n) is 4.27. The van der Waals surface area contributed by atoms with E-state index in [1.54, 1.807) is 23.2 Å². The lowest BCUT2D eigenvalue weighted by Gasteiger charge is -2.35. The number of ether oxygens (including phenoxy) is 1. The van der Waals surface area contributed by atoms with Gasteiger partial charge in [-0.2, -0.15) is 0 Å². The van der Waals surface area contributed by atoms with Gasteiger partial charge in [0, 0.05) is 39.1 Å². The van der Waals surface area contributed by atoms with Gasteiger partial charge < -0.3 is 24.8 Å². The molecule has 1 unspecified atom stereocenters. The van der Waals surface area contributed by atoms with Crippen LogP contribution in [0.4, 0.5) is 0 Å². The molecule has 1 saturated heterocycles. The van der Waals surface area contributed by atoms with Crippen LogP contribution in [-0.2, 0) is 16.6 Å². The SMILES string of the molecule is Cl.Cn1ccnc1C1CNCCN1C(=O)CNC(=O)COc1ccccc1. The van der Waals surface area contributed by atoms with Crippen molar-refractivity contribution in [2.24, 2.45) is 7.05 Å². The molecule has 27 heavy (non-hydrogen) atoms. The molecule has 0 saturated carbocycles. The highest BCUT2D eigenvalue weighted by Crippen LogP contribution is 2.20. The minimum Gasteiger partial charge on any atom is -0.484 e.